The number of benzene rings is 1. The lowest BCUT2D eigenvalue weighted by Crippen LogP contribution is -2.36. The molecule has 1 fully saturated rings. The number of nitrogens with zero attached hydrogens (tertiary/aromatic N) is 1. The van der Waals surface area contributed by atoms with Gasteiger partial charge >= 0.3 is 0 Å². The minimum atomic E-state index is -3.09. The molecule has 0 aromatic heterocycles. The van der Waals surface area contributed by atoms with Gasteiger partial charge in [-0.2, -0.15) is 0 Å². The number of hydrogen-bond donors (Lipinski definition) is 1. The Kier molecular flexibility index (Phi) is 6.01. The van der Waals surface area contributed by atoms with E-state index in [9.17, 15) is 13.2 Å². The Morgan fingerprint density at radius 3 is 2.83 bits per heavy atom. The van der Waals surface area contributed by atoms with Crippen LogP contribution < -0.4 is 10.1 Å². The number of amides is 1. The molecule has 128 valence electrons. The second-order valence-electron chi connectivity index (χ2n) is 5.72. The van der Waals surface area contributed by atoms with Crippen molar-refractivity contribution in [3.63, 3.8) is 0 Å². The molecule has 1 aromatic rings. The van der Waals surface area contributed by atoms with Crippen molar-refractivity contribution in [1.29, 1.82) is 0 Å². The van der Waals surface area contributed by atoms with Gasteiger partial charge in [-0.1, -0.05) is 12.1 Å². The van der Waals surface area contributed by atoms with Gasteiger partial charge < -0.3 is 10.1 Å². The van der Waals surface area contributed by atoms with E-state index in [1.54, 1.807) is 0 Å². The fourth-order valence-corrected chi connectivity index (χ4v) is 4.01. The maximum atomic E-state index is 11.8. The lowest BCUT2D eigenvalue weighted by molar-refractivity contribution is -0.121. The summed E-state index contributed by atoms with van der Waals surface area (Å²) in [6.45, 7) is 5.53. The summed E-state index contributed by atoms with van der Waals surface area (Å²) in [6.07, 6.45) is 0.917. The van der Waals surface area contributed by atoms with Gasteiger partial charge in [0.05, 0.1) is 18.8 Å². The summed E-state index contributed by atoms with van der Waals surface area (Å²) in [4.78, 5) is 11.8. The van der Waals surface area contributed by atoms with Crippen LogP contribution in [0.3, 0.4) is 0 Å². The first-order valence-electron chi connectivity index (χ1n) is 7.84. The van der Waals surface area contributed by atoms with Crippen LogP contribution in [0, 0.1) is 13.8 Å². The van der Waals surface area contributed by atoms with Crippen LogP contribution in [0.5, 0.6) is 5.75 Å². The van der Waals surface area contributed by atoms with Gasteiger partial charge in [-0.05, 0) is 37.5 Å². The quantitative estimate of drug-likeness (QED) is 0.810. The van der Waals surface area contributed by atoms with Crippen molar-refractivity contribution in [2.75, 3.05) is 32.0 Å². The average Bonchev–Trinajstić information content (AvgIpc) is 2.82. The Labute approximate surface area is 137 Å². The zero-order chi connectivity index (χ0) is 16.9. The van der Waals surface area contributed by atoms with E-state index < -0.39 is 10.0 Å². The first-order chi connectivity index (χ1) is 10.9. The van der Waals surface area contributed by atoms with Crippen molar-refractivity contribution >= 4 is 15.9 Å². The normalized spacial score (nSPS) is 17.1. The fourth-order valence-electron chi connectivity index (χ4n) is 2.49. The minimum absolute atomic E-state index is 0.132. The second-order valence-corrected chi connectivity index (χ2v) is 7.80. The van der Waals surface area contributed by atoms with Crippen molar-refractivity contribution < 1.29 is 17.9 Å². The monoisotopic (exact) mass is 340 g/mol. The van der Waals surface area contributed by atoms with Crippen molar-refractivity contribution in [3.8, 4) is 5.75 Å². The van der Waals surface area contributed by atoms with Crippen molar-refractivity contribution in [1.82, 2.24) is 9.62 Å². The Morgan fingerprint density at radius 1 is 1.35 bits per heavy atom. The van der Waals surface area contributed by atoms with Crippen LogP contribution in [0.15, 0.2) is 18.2 Å². The predicted molar refractivity (Wildman–Crippen MR) is 89.0 cm³/mol. The Hall–Kier alpha value is -1.60. The van der Waals surface area contributed by atoms with Crippen LogP contribution in [0.1, 0.15) is 24.0 Å². The van der Waals surface area contributed by atoms with Crippen LogP contribution in [-0.2, 0) is 14.8 Å². The molecule has 1 N–H and O–H groups in total. The summed E-state index contributed by atoms with van der Waals surface area (Å²) >= 11 is 0. The number of carbonyl (C=O) groups excluding carboxylic acids is 1. The van der Waals surface area contributed by atoms with Crippen LogP contribution in [0.25, 0.3) is 0 Å². The third kappa shape index (κ3) is 4.94. The fraction of sp³-hybridized carbons (Fsp3) is 0.562. The van der Waals surface area contributed by atoms with Crippen LogP contribution >= 0.6 is 0 Å². The van der Waals surface area contributed by atoms with Gasteiger partial charge in [0.15, 0.2) is 0 Å². The van der Waals surface area contributed by atoms with E-state index in [2.05, 4.69) is 5.32 Å². The largest absolute Gasteiger partial charge is 0.493 e. The smallest absolute Gasteiger partial charge is 0.223 e. The molecule has 23 heavy (non-hydrogen) atoms. The molecule has 0 saturated carbocycles. The van der Waals surface area contributed by atoms with Gasteiger partial charge in [0.2, 0.25) is 15.9 Å². The second kappa shape index (κ2) is 7.79. The highest BCUT2D eigenvalue weighted by atomic mass is 32.2. The van der Waals surface area contributed by atoms with Gasteiger partial charge in [-0.3, -0.25) is 4.79 Å². The maximum Gasteiger partial charge on any atom is 0.223 e. The summed E-state index contributed by atoms with van der Waals surface area (Å²) in [5.41, 5.74) is 2.23. The molecule has 0 radical (unpaired) electrons. The maximum absolute atomic E-state index is 11.8. The van der Waals surface area contributed by atoms with Gasteiger partial charge in [-0.25, -0.2) is 12.7 Å². The van der Waals surface area contributed by atoms with E-state index >= 15 is 0 Å². The number of hydrogen-bond acceptors (Lipinski definition) is 4. The van der Waals surface area contributed by atoms with Gasteiger partial charge in [0.25, 0.3) is 0 Å². The van der Waals surface area contributed by atoms with Crippen molar-refractivity contribution in [2.24, 2.45) is 0 Å². The van der Waals surface area contributed by atoms with Crippen LogP contribution in [0.2, 0.25) is 0 Å². The Balaban J connectivity index is 1.66. The summed E-state index contributed by atoms with van der Waals surface area (Å²) in [5.74, 6) is 0.873. The highest BCUT2D eigenvalue weighted by molar-refractivity contribution is 7.89. The molecule has 6 nitrogen and oxygen atoms in total. The topological polar surface area (TPSA) is 75.7 Å². The van der Waals surface area contributed by atoms with E-state index in [4.69, 9.17) is 4.74 Å². The third-order valence-corrected chi connectivity index (χ3v) is 5.98. The molecular formula is C16H24N2O4S. The SMILES string of the molecule is Cc1cccc(OCCC(=O)NCCN2CCCS2(=O)=O)c1C. The molecule has 0 bridgehead atoms. The van der Waals surface area contributed by atoms with E-state index in [1.807, 2.05) is 32.0 Å². The first kappa shape index (κ1) is 17.7. The Morgan fingerprint density at radius 2 is 2.13 bits per heavy atom. The third-order valence-electron chi connectivity index (χ3n) is 4.03. The van der Waals surface area contributed by atoms with Crippen LogP contribution in [-0.4, -0.2) is 50.6 Å². The standard InChI is InChI=1S/C16H24N2O4S/c1-13-5-3-6-15(14(13)2)22-11-7-16(19)17-8-10-18-9-4-12-23(18,20)21/h3,5-6H,4,7-12H2,1-2H3,(H,17,19). The van der Waals surface area contributed by atoms with E-state index in [-0.39, 0.29) is 18.1 Å². The van der Waals surface area contributed by atoms with E-state index in [0.29, 0.717) is 32.7 Å². The number of carbonyl (C=O) groups is 1. The molecule has 1 amide bonds. The highest BCUT2D eigenvalue weighted by Gasteiger charge is 2.27. The van der Waals surface area contributed by atoms with Gasteiger partial charge in [0.1, 0.15) is 5.75 Å². The molecule has 1 saturated heterocycles. The van der Waals surface area contributed by atoms with Gasteiger partial charge in [-0.15, -0.1) is 0 Å². The zero-order valence-corrected chi connectivity index (χ0v) is 14.5. The van der Waals surface area contributed by atoms with Crippen LogP contribution in [0.4, 0.5) is 0 Å². The number of sulfonamides is 1. The molecule has 0 spiro atoms. The molecule has 0 aliphatic carbocycles. The lowest BCUT2D eigenvalue weighted by Gasteiger charge is -2.14. The first-order valence-corrected chi connectivity index (χ1v) is 9.44. The van der Waals surface area contributed by atoms with E-state index in [1.165, 1.54) is 4.31 Å². The van der Waals surface area contributed by atoms with E-state index in [0.717, 1.165) is 16.9 Å². The minimum Gasteiger partial charge on any atom is -0.493 e. The van der Waals surface area contributed by atoms with Crippen molar-refractivity contribution in [2.45, 2.75) is 26.7 Å². The number of ether oxygens (including phenoxy) is 1. The molecule has 1 heterocycles. The highest BCUT2D eigenvalue weighted by Crippen LogP contribution is 2.20. The number of aryl methyl sites for hydroxylation is 1. The molecule has 2 rings (SSSR count). The van der Waals surface area contributed by atoms with Crippen molar-refractivity contribution in [3.05, 3.63) is 29.3 Å². The summed E-state index contributed by atoms with van der Waals surface area (Å²) in [5, 5.41) is 2.73. The summed E-state index contributed by atoms with van der Waals surface area (Å²) in [6, 6.07) is 5.83. The molecule has 0 unspecified atom stereocenters. The Bertz CT molecular complexity index is 658. The summed E-state index contributed by atoms with van der Waals surface area (Å²) in [7, 11) is -3.09. The average molecular weight is 340 g/mol. The molecule has 1 aromatic carbocycles. The molecule has 0 atom stereocenters. The molecule has 7 heteroatoms. The lowest BCUT2D eigenvalue weighted by atomic mass is 10.1. The molecule has 1 aliphatic heterocycles. The number of nitrogens with one attached hydrogen (secondary N) is 1. The molecular weight excluding hydrogens is 316 g/mol. The van der Waals surface area contributed by atoms with Gasteiger partial charge in [0, 0.05) is 19.6 Å². The predicted octanol–water partition coefficient (Wildman–Crippen LogP) is 1.22. The zero-order valence-electron chi connectivity index (χ0n) is 13.7. The summed E-state index contributed by atoms with van der Waals surface area (Å²) < 4.78 is 30.3. The number of rotatable bonds is 7. The molecule has 1 aliphatic rings.